The van der Waals surface area contributed by atoms with Crippen LogP contribution in [0.15, 0.2) is 36.7 Å². The Morgan fingerprint density at radius 2 is 2.07 bits per heavy atom. The molecule has 4 heterocycles. The first-order valence-corrected chi connectivity index (χ1v) is 9.74. The molecule has 7 heteroatoms. The highest BCUT2D eigenvalue weighted by Crippen LogP contribution is 2.63. The van der Waals surface area contributed by atoms with E-state index in [1.54, 1.807) is 23.1 Å². The van der Waals surface area contributed by atoms with Gasteiger partial charge in [-0.25, -0.2) is 0 Å². The molecule has 7 nitrogen and oxygen atoms in total. The fourth-order valence-corrected chi connectivity index (χ4v) is 4.79. The van der Waals surface area contributed by atoms with E-state index in [1.807, 2.05) is 43.1 Å². The van der Waals surface area contributed by atoms with Crippen LogP contribution in [0, 0.1) is 0 Å². The number of nitrogens with zero attached hydrogens (tertiary/aromatic N) is 2. The largest absolute Gasteiger partial charge is 0.393 e. The molecule has 5 rings (SSSR count). The Morgan fingerprint density at radius 1 is 1.32 bits per heavy atom. The summed E-state index contributed by atoms with van der Waals surface area (Å²) in [6.45, 7) is 2.74. The Labute approximate surface area is 164 Å². The summed E-state index contributed by atoms with van der Waals surface area (Å²) in [5.74, 6) is -0.223. The zero-order valence-electron chi connectivity index (χ0n) is 16.4. The van der Waals surface area contributed by atoms with Gasteiger partial charge in [0, 0.05) is 38.4 Å². The van der Waals surface area contributed by atoms with Crippen LogP contribution in [-0.4, -0.2) is 62.8 Å². The number of likely N-dealkylation sites (tertiary alicyclic amines) is 1. The minimum atomic E-state index is -0.609. The molecule has 2 N–H and O–H groups in total. The molecule has 4 fully saturated rings. The molecule has 0 atom stereocenters. The molecule has 2 amide bonds. The minimum Gasteiger partial charge on any atom is -0.393 e. The molecular formula is C21H27N3O4. The van der Waals surface area contributed by atoms with Gasteiger partial charge in [-0.05, 0) is 30.2 Å². The molecule has 4 aliphatic rings. The molecule has 2 bridgehead atoms. The lowest BCUT2D eigenvalue weighted by molar-refractivity contribution is -0.170. The number of aliphatic hydroxyl groups is 1. The number of carbonyl (C=O) groups excluding carboxylic acids is 2. The van der Waals surface area contributed by atoms with E-state index in [1.165, 1.54) is 0 Å². The smallest absolute Gasteiger partial charge is 0.246 e. The normalized spacial score (nSPS) is 30.0. The molecule has 150 valence electrons. The second-order valence-electron chi connectivity index (χ2n) is 8.31. The maximum absolute atomic E-state index is 12.5. The Kier molecular flexibility index (Phi) is 4.47. The first-order chi connectivity index (χ1) is 13.3. The van der Waals surface area contributed by atoms with Crippen LogP contribution in [0.3, 0.4) is 0 Å². The van der Waals surface area contributed by atoms with Crippen molar-refractivity contribution in [2.45, 2.75) is 42.9 Å². The number of nitrogens with one attached hydrogen (secondary N) is 1. The summed E-state index contributed by atoms with van der Waals surface area (Å²) in [5.41, 5.74) is -0.736. The minimum absolute atomic E-state index is 0.0704. The van der Waals surface area contributed by atoms with Crippen LogP contribution in [-0.2, 0) is 21.4 Å². The zero-order chi connectivity index (χ0) is 20.0. The summed E-state index contributed by atoms with van der Waals surface area (Å²) < 4.78 is 8.17. The number of aliphatic hydroxyl groups excluding tert-OH is 1. The van der Waals surface area contributed by atoms with Crippen LogP contribution < -0.4 is 5.32 Å². The van der Waals surface area contributed by atoms with E-state index in [0.717, 1.165) is 12.0 Å². The van der Waals surface area contributed by atoms with Crippen LogP contribution in [0.25, 0.3) is 6.08 Å². The lowest BCUT2D eigenvalue weighted by Gasteiger charge is -2.55. The van der Waals surface area contributed by atoms with Crippen molar-refractivity contribution < 1.29 is 19.4 Å². The van der Waals surface area contributed by atoms with Crippen molar-refractivity contribution in [1.82, 2.24) is 14.8 Å². The fourth-order valence-electron chi connectivity index (χ4n) is 4.79. The van der Waals surface area contributed by atoms with Crippen LogP contribution in [0.1, 0.15) is 31.7 Å². The number of carbonyl (C=O) groups is 2. The van der Waals surface area contributed by atoms with E-state index < -0.39 is 16.7 Å². The molecule has 28 heavy (non-hydrogen) atoms. The number of rotatable bonds is 6. The summed E-state index contributed by atoms with van der Waals surface area (Å²) in [6.07, 6.45) is 12.6. The van der Waals surface area contributed by atoms with Gasteiger partial charge in [0.1, 0.15) is 5.60 Å². The van der Waals surface area contributed by atoms with E-state index >= 15 is 0 Å². The number of aryl methyl sites for hydroxylation is 1. The highest BCUT2D eigenvalue weighted by molar-refractivity contribution is 5.93. The molecule has 0 unspecified atom stereocenters. The quantitative estimate of drug-likeness (QED) is 0.716. The van der Waals surface area contributed by atoms with Crippen molar-refractivity contribution in [3.05, 3.63) is 42.3 Å². The predicted molar refractivity (Wildman–Crippen MR) is 104 cm³/mol. The maximum Gasteiger partial charge on any atom is 0.246 e. The summed E-state index contributed by atoms with van der Waals surface area (Å²) in [4.78, 5) is 26.5. The highest BCUT2D eigenvalue weighted by Gasteiger charge is 2.78. The number of hydrogen-bond acceptors (Lipinski definition) is 4. The van der Waals surface area contributed by atoms with Crippen LogP contribution >= 0.6 is 0 Å². The zero-order valence-corrected chi connectivity index (χ0v) is 16.4. The summed E-state index contributed by atoms with van der Waals surface area (Å²) in [6, 6.07) is 1.94. The molecule has 1 aromatic rings. The van der Waals surface area contributed by atoms with E-state index in [4.69, 9.17) is 4.74 Å². The second kappa shape index (κ2) is 6.60. The lowest BCUT2D eigenvalue weighted by Crippen LogP contribution is -2.76. The van der Waals surface area contributed by atoms with E-state index in [2.05, 4.69) is 5.32 Å². The number of ether oxygens (including phenoxy) is 1. The van der Waals surface area contributed by atoms with Gasteiger partial charge >= 0.3 is 0 Å². The van der Waals surface area contributed by atoms with Gasteiger partial charge in [-0.15, -0.1) is 0 Å². The van der Waals surface area contributed by atoms with E-state index in [9.17, 15) is 14.7 Å². The Morgan fingerprint density at radius 3 is 2.68 bits per heavy atom. The molecule has 1 saturated carbocycles. The van der Waals surface area contributed by atoms with Crippen molar-refractivity contribution >= 4 is 17.9 Å². The molecule has 1 spiro atoms. The summed E-state index contributed by atoms with van der Waals surface area (Å²) >= 11 is 0. The highest BCUT2D eigenvalue weighted by atomic mass is 16.6. The third kappa shape index (κ3) is 2.89. The average molecular weight is 385 g/mol. The van der Waals surface area contributed by atoms with Gasteiger partial charge in [-0.2, -0.15) is 0 Å². The van der Waals surface area contributed by atoms with E-state index in [0.29, 0.717) is 25.9 Å². The third-order valence-corrected chi connectivity index (χ3v) is 6.16. The molecule has 1 aliphatic carbocycles. The van der Waals surface area contributed by atoms with Gasteiger partial charge in [-0.1, -0.05) is 13.0 Å². The van der Waals surface area contributed by atoms with Crippen LogP contribution in [0.5, 0.6) is 0 Å². The first kappa shape index (κ1) is 19.0. The van der Waals surface area contributed by atoms with Gasteiger partial charge in [0.15, 0.2) is 0 Å². The van der Waals surface area contributed by atoms with Crippen LogP contribution in [0.2, 0.25) is 0 Å². The number of amides is 2. The van der Waals surface area contributed by atoms with Crippen molar-refractivity contribution in [2.24, 2.45) is 7.05 Å². The topological polar surface area (TPSA) is 83.8 Å². The standard InChI is InChI=1S/C21H27N3O4/c1-3-4-5-17(26)22-20-11-19(12-20,15-25)28-21(20)13-24(14-21)18(27)7-6-16-8-9-23(2)10-16/h4-10,25H,3,11-15H2,1-2H3,(H,22,26)/b5-4+,7-6+. The van der Waals surface area contributed by atoms with Gasteiger partial charge in [0.25, 0.3) is 0 Å². The van der Waals surface area contributed by atoms with E-state index in [-0.39, 0.29) is 18.4 Å². The van der Waals surface area contributed by atoms with Gasteiger partial charge in [-0.3, -0.25) is 9.59 Å². The predicted octanol–water partition coefficient (Wildman–Crippen LogP) is 0.996. The second-order valence-corrected chi connectivity index (χ2v) is 8.31. The molecule has 0 radical (unpaired) electrons. The van der Waals surface area contributed by atoms with Crippen molar-refractivity contribution in [2.75, 3.05) is 19.7 Å². The van der Waals surface area contributed by atoms with Crippen molar-refractivity contribution in [1.29, 1.82) is 0 Å². The van der Waals surface area contributed by atoms with Crippen molar-refractivity contribution in [3.8, 4) is 0 Å². The number of aromatic nitrogens is 1. The average Bonchev–Trinajstić information content (AvgIpc) is 3.23. The lowest BCUT2D eigenvalue weighted by atomic mass is 9.60. The number of allylic oxidation sites excluding steroid dienone is 1. The molecule has 1 aromatic heterocycles. The molecule has 0 aromatic carbocycles. The molecule has 3 saturated heterocycles. The van der Waals surface area contributed by atoms with Gasteiger partial charge < -0.3 is 24.6 Å². The fraction of sp³-hybridized carbons (Fsp3) is 0.524. The molecule has 3 aliphatic heterocycles. The Hall–Kier alpha value is -2.38. The Bertz CT molecular complexity index is 842. The number of hydrogen-bond donors (Lipinski definition) is 2. The maximum atomic E-state index is 12.5. The summed E-state index contributed by atoms with van der Waals surface area (Å²) in [7, 11) is 1.93. The summed E-state index contributed by atoms with van der Waals surface area (Å²) in [5, 5.41) is 12.9. The van der Waals surface area contributed by atoms with Gasteiger partial charge in [0.05, 0.1) is 30.8 Å². The van der Waals surface area contributed by atoms with Crippen molar-refractivity contribution in [3.63, 3.8) is 0 Å². The monoisotopic (exact) mass is 385 g/mol. The first-order valence-electron chi connectivity index (χ1n) is 9.74. The molecular weight excluding hydrogens is 358 g/mol. The third-order valence-electron chi connectivity index (χ3n) is 6.16. The van der Waals surface area contributed by atoms with Crippen LogP contribution in [0.4, 0.5) is 0 Å². The Balaban J connectivity index is 1.43. The SMILES string of the molecule is CC/C=C/C(=O)NC12CC(CO)(C1)OC21CN(C(=O)/C=C/c2ccn(C)c2)C1. The van der Waals surface area contributed by atoms with Gasteiger partial charge in [0.2, 0.25) is 11.8 Å².